The summed E-state index contributed by atoms with van der Waals surface area (Å²) in [7, 11) is 0. The van der Waals surface area contributed by atoms with E-state index in [1.807, 2.05) is 11.8 Å². The van der Waals surface area contributed by atoms with Gasteiger partial charge in [-0.25, -0.2) is 0 Å². The Labute approximate surface area is 132 Å². The summed E-state index contributed by atoms with van der Waals surface area (Å²) in [6, 6.07) is 4.79. The van der Waals surface area contributed by atoms with Gasteiger partial charge in [-0.1, -0.05) is 35.8 Å². The first-order chi connectivity index (χ1) is 9.74. The Bertz CT molecular complexity index is 501. The molecule has 0 aliphatic carbocycles. The predicted molar refractivity (Wildman–Crippen MR) is 83.8 cm³/mol. The van der Waals surface area contributed by atoms with Crippen molar-refractivity contribution in [3.8, 4) is 0 Å². The third kappa shape index (κ3) is 3.55. The van der Waals surface area contributed by atoms with E-state index in [9.17, 15) is 13.2 Å². The van der Waals surface area contributed by atoms with Gasteiger partial charge in [0.2, 0.25) is 0 Å². The van der Waals surface area contributed by atoms with Crippen LogP contribution in [-0.4, -0.2) is 12.6 Å². The molecule has 0 radical (unpaired) electrons. The minimum absolute atomic E-state index is 0.122. The molecule has 21 heavy (non-hydrogen) atoms. The highest BCUT2D eigenvalue weighted by Gasteiger charge is 2.38. The molecule has 3 atom stereocenters. The highest BCUT2D eigenvalue weighted by atomic mass is 79.9. The first-order valence-electron chi connectivity index (χ1n) is 7.26. The summed E-state index contributed by atoms with van der Waals surface area (Å²) in [5.74, 6) is 0.804. The maximum Gasteiger partial charge on any atom is 0.418 e. The van der Waals surface area contributed by atoms with Gasteiger partial charge in [0.05, 0.1) is 5.56 Å². The maximum atomic E-state index is 13.4. The predicted octanol–water partition coefficient (Wildman–Crippen LogP) is 5.47. The molecular formula is C16H21BrF3N. The molecule has 0 N–H and O–H groups in total. The highest BCUT2D eigenvalue weighted by Crippen LogP contribution is 2.41. The van der Waals surface area contributed by atoms with E-state index in [4.69, 9.17) is 0 Å². The zero-order chi connectivity index (χ0) is 15.8. The van der Waals surface area contributed by atoms with Gasteiger partial charge in [-0.2, -0.15) is 13.2 Å². The summed E-state index contributed by atoms with van der Waals surface area (Å²) < 4.78 is 40.2. The Hall–Kier alpha value is -0.710. The van der Waals surface area contributed by atoms with Crippen molar-refractivity contribution in [1.29, 1.82) is 0 Å². The summed E-state index contributed by atoms with van der Waals surface area (Å²) in [4.78, 5) is 1.93. The number of hydrogen-bond donors (Lipinski definition) is 0. The second kappa shape index (κ2) is 6.19. The lowest BCUT2D eigenvalue weighted by molar-refractivity contribution is -0.137. The van der Waals surface area contributed by atoms with Crippen LogP contribution in [0.2, 0.25) is 0 Å². The van der Waals surface area contributed by atoms with E-state index in [1.165, 1.54) is 6.07 Å². The summed E-state index contributed by atoms with van der Waals surface area (Å²) in [5, 5.41) is 0.429. The van der Waals surface area contributed by atoms with Crippen molar-refractivity contribution < 1.29 is 13.2 Å². The number of benzene rings is 1. The molecular weight excluding hydrogens is 343 g/mol. The van der Waals surface area contributed by atoms with Gasteiger partial charge in [0.15, 0.2) is 0 Å². The van der Waals surface area contributed by atoms with Gasteiger partial charge in [0.1, 0.15) is 0 Å². The van der Waals surface area contributed by atoms with Gasteiger partial charge in [-0.3, -0.25) is 0 Å². The Morgan fingerprint density at radius 2 is 1.90 bits per heavy atom. The lowest BCUT2D eigenvalue weighted by Gasteiger charge is -2.43. The van der Waals surface area contributed by atoms with Crippen molar-refractivity contribution in [1.82, 2.24) is 0 Å². The molecule has 1 fully saturated rings. The number of anilines is 1. The number of rotatable bonds is 2. The first-order valence-corrected chi connectivity index (χ1v) is 8.39. The maximum absolute atomic E-state index is 13.4. The van der Waals surface area contributed by atoms with Crippen LogP contribution < -0.4 is 4.90 Å². The number of alkyl halides is 4. The molecule has 1 aliphatic heterocycles. The van der Waals surface area contributed by atoms with Crippen LogP contribution in [0.5, 0.6) is 0 Å². The monoisotopic (exact) mass is 363 g/mol. The zero-order valence-electron chi connectivity index (χ0n) is 12.5. The van der Waals surface area contributed by atoms with Crippen molar-refractivity contribution >= 4 is 21.6 Å². The minimum Gasteiger partial charge on any atom is -0.368 e. The van der Waals surface area contributed by atoms with E-state index in [0.717, 1.165) is 6.42 Å². The minimum atomic E-state index is -4.32. The van der Waals surface area contributed by atoms with Gasteiger partial charge in [-0.15, -0.1) is 0 Å². The molecule has 1 saturated heterocycles. The van der Waals surface area contributed by atoms with Crippen molar-refractivity contribution in [2.45, 2.75) is 44.7 Å². The second-order valence-corrected chi connectivity index (χ2v) is 6.75. The summed E-state index contributed by atoms with van der Waals surface area (Å²) >= 11 is 3.23. The van der Waals surface area contributed by atoms with Gasteiger partial charge in [0.25, 0.3) is 0 Å². The Kier molecular flexibility index (Phi) is 4.91. The van der Waals surface area contributed by atoms with E-state index in [1.54, 1.807) is 12.1 Å². The van der Waals surface area contributed by atoms with Crippen LogP contribution >= 0.6 is 15.9 Å². The number of nitrogens with zero attached hydrogens (tertiary/aromatic N) is 1. The van der Waals surface area contributed by atoms with E-state index in [0.29, 0.717) is 35.0 Å². The van der Waals surface area contributed by atoms with Crippen molar-refractivity contribution in [2.24, 2.45) is 11.8 Å². The van der Waals surface area contributed by atoms with Crippen LogP contribution in [0, 0.1) is 11.8 Å². The molecule has 3 unspecified atom stereocenters. The Morgan fingerprint density at radius 1 is 1.24 bits per heavy atom. The summed E-state index contributed by atoms with van der Waals surface area (Å²) in [6.07, 6.45) is -3.25. The molecule has 0 spiro atoms. The van der Waals surface area contributed by atoms with E-state index >= 15 is 0 Å². The number of hydrogen-bond acceptors (Lipinski definition) is 1. The van der Waals surface area contributed by atoms with Crippen molar-refractivity contribution in [2.75, 3.05) is 11.4 Å². The second-order valence-electron chi connectivity index (χ2n) is 6.19. The van der Waals surface area contributed by atoms with Crippen LogP contribution in [0.1, 0.15) is 38.3 Å². The lowest BCUT2D eigenvalue weighted by Crippen LogP contribution is -2.46. The molecule has 118 valence electrons. The molecule has 1 heterocycles. The van der Waals surface area contributed by atoms with Crippen LogP contribution in [-0.2, 0) is 11.5 Å². The first kappa shape index (κ1) is 16.7. The smallest absolute Gasteiger partial charge is 0.368 e. The highest BCUT2D eigenvalue weighted by molar-refractivity contribution is 9.08. The molecule has 1 aromatic rings. The fourth-order valence-electron chi connectivity index (χ4n) is 3.18. The molecule has 0 saturated carbocycles. The van der Waals surface area contributed by atoms with Crippen molar-refractivity contribution in [3.63, 3.8) is 0 Å². The van der Waals surface area contributed by atoms with Gasteiger partial charge >= 0.3 is 6.18 Å². The lowest BCUT2D eigenvalue weighted by atomic mass is 9.85. The van der Waals surface area contributed by atoms with Gasteiger partial charge < -0.3 is 4.90 Å². The third-order valence-corrected chi connectivity index (χ3v) is 5.08. The number of halogens is 4. The Morgan fingerprint density at radius 3 is 2.48 bits per heavy atom. The fourth-order valence-corrected chi connectivity index (χ4v) is 3.53. The van der Waals surface area contributed by atoms with Crippen LogP contribution in [0.25, 0.3) is 0 Å². The van der Waals surface area contributed by atoms with E-state index in [2.05, 4.69) is 29.8 Å². The zero-order valence-corrected chi connectivity index (χ0v) is 14.1. The standard InChI is InChI=1S/C16H21BrF3N/c1-10-6-11(2)12(3)21(9-10)15-5-4-13(8-17)7-14(15)16(18,19)20/h4-5,7,10-12H,6,8-9H2,1-3H3. The number of piperidine rings is 1. The molecule has 1 aliphatic rings. The molecule has 1 aromatic carbocycles. The van der Waals surface area contributed by atoms with Crippen LogP contribution in [0.3, 0.4) is 0 Å². The molecule has 0 aromatic heterocycles. The summed E-state index contributed by atoms with van der Waals surface area (Å²) in [6.45, 7) is 6.93. The van der Waals surface area contributed by atoms with Gasteiger partial charge in [-0.05, 0) is 42.9 Å². The van der Waals surface area contributed by atoms with Crippen molar-refractivity contribution in [3.05, 3.63) is 29.3 Å². The molecule has 0 bridgehead atoms. The average molecular weight is 364 g/mol. The molecule has 1 nitrogen and oxygen atoms in total. The quantitative estimate of drug-likeness (QED) is 0.629. The SMILES string of the molecule is CC1CC(C)C(C)N(c2ccc(CBr)cc2C(F)(F)F)C1. The molecule has 2 rings (SSSR count). The normalized spacial score (nSPS) is 27.0. The fraction of sp³-hybridized carbons (Fsp3) is 0.625. The van der Waals surface area contributed by atoms with E-state index in [-0.39, 0.29) is 6.04 Å². The molecule has 0 amide bonds. The van der Waals surface area contributed by atoms with Gasteiger partial charge in [0, 0.05) is 23.6 Å². The van der Waals surface area contributed by atoms with Crippen LogP contribution in [0.15, 0.2) is 18.2 Å². The summed E-state index contributed by atoms with van der Waals surface area (Å²) in [5.41, 5.74) is 0.447. The third-order valence-electron chi connectivity index (χ3n) is 4.43. The Balaban J connectivity index is 2.47. The topological polar surface area (TPSA) is 3.24 Å². The van der Waals surface area contributed by atoms with E-state index < -0.39 is 11.7 Å². The average Bonchev–Trinajstić information content (AvgIpc) is 2.41. The largest absolute Gasteiger partial charge is 0.418 e. The van der Waals surface area contributed by atoms with Crippen LogP contribution in [0.4, 0.5) is 18.9 Å². The molecule has 5 heteroatoms.